The van der Waals surface area contributed by atoms with Crippen molar-refractivity contribution in [2.24, 2.45) is 5.41 Å². The quantitative estimate of drug-likeness (QED) is 0.243. The van der Waals surface area contributed by atoms with Crippen molar-refractivity contribution in [2.45, 2.75) is 25.4 Å². The van der Waals surface area contributed by atoms with E-state index in [1.54, 1.807) is 30.3 Å². The molecule has 198 valence electrons. The number of alkyl halides is 3. The van der Waals surface area contributed by atoms with Crippen LogP contribution >= 0.6 is 0 Å². The molecule has 37 heavy (non-hydrogen) atoms. The van der Waals surface area contributed by atoms with Crippen molar-refractivity contribution < 1.29 is 41.0 Å². The van der Waals surface area contributed by atoms with Crippen molar-refractivity contribution in [3.05, 3.63) is 72.3 Å². The first-order valence-electron chi connectivity index (χ1n) is 11.1. The van der Waals surface area contributed by atoms with Gasteiger partial charge < -0.3 is 15.2 Å². The van der Waals surface area contributed by atoms with Gasteiger partial charge in [0, 0.05) is 12.1 Å². The number of halogens is 3. The van der Waals surface area contributed by atoms with Gasteiger partial charge in [-0.05, 0) is 42.2 Å². The van der Waals surface area contributed by atoms with Crippen LogP contribution in [-0.2, 0) is 24.3 Å². The molecule has 3 rings (SSSR count). The lowest BCUT2D eigenvalue weighted by Crippen LogP contribution is -2.47. The minimum atomic E-state index is -4.92. The molecule has 0 aliphatic heterocycles. The highest BCUT2D eigenvalue weighted by Gasteiger charge is 2.58. The molecule has 1 aliphatic rings. The second-order valence-electron chi connectivity index (χ2n) is 8.32. The number of aromatic hydroxyl groups is 1. The molecule has 1 aliphatic carbocycles. The monoisotopic (exact) mass is 538 g/mol. The smallest absolute Gasteiger partial charge is 0.406 e. The summed E-state index contributed by atoms with van der Waals surface area (Å²) in [5.74, 6) is -2.94. The second-order valence-corrected chi connectivity index (χ2v) is 10.2. The predicted octanol–water partition coefficient (Wildman–Crippen LogP) is 4.62. The van der Waals surface area contributed by atoms with Gasteiger partial charge >= 0.3 is 12.1 Å². The van der Waals surface area contributed by atoms with Gasteiger partial charge in [-0.2, -0.15) is 13.2 Å². The lowest BCUT2D eigenvalue weighted by Gasteiger charge is -2.33. The fraction of sp³-hybridized carbons (Fsp3) is 0.280. The third kappa shape index (κ3) is 6.70. The Morgan fingerprint density at radius 1 is 1.14 bits per heavy atom. The topological polar surface area (TPSA) is 122 Å². The van der Waals surface area contributed by atoms with E-state index in [0.717, 1.165) is 31.4 Å². The summed E-state index contributed by atoms with van der Waals surface area (Å²) in [4.78, 5) is 24.1. The Balaban J connectivity index is 1.78. The first kappa shape index (κ1) is 27.8. The number of benzene rings is 2. The molecule has 12 heteroatoms. The van der Waals surface area contributed by atoms with E-state index in [-0.39, 0.29) is 24.2 Å². The number of allylic oxidation sites excluding steroid dienone is 3. The number of sulfonamides is 1. The lowest BCUT2D eigenvalue weighted by atomic mass is 9.77. The van der Waals surface area contributed by atoms with E-state index in [1.807, 2.05) is 0 Å². The first-order valence-corrected chi connectivity index (χ1v) is 12.8. The zero-order valence-electron chi connectivity index (χ0n) is 19.7. The molecule has 0 saturated heterocycles. The van der Waals surface area contributed by atoms with Crippen molar-refractivity contribution in [1.29, 1.82) is 0 Å². The molecule has 0 spiro atoms. The molecule has 0 saturated carbocycles. The van der Waals surface area contributed by atoms with Crippen molar-refractivity contribution in [3.63, 3.8) is 0 Å². The molecule has 0 heterocycles. The van der Waals surface area contributed by atoms with Crippen molar-refractivity contribution in [1.82, 2.24) is 0 Å². The van der Waals surface area contributed by atoms with E-state index in [4.69, 9.17) is 0 Å². The number of carbonyl (C=O) groups is 2. The fourth-order valence-electron chi connectivity index (χ4n) is 3.66. The average molecular weight is 539 g/mol. The molecule has 3 N–H and O–H groups in total. The maximum absolute atomic E-state index is 14.1. The number of ether oxygens (including phenoxy) is 1. The van der Waals surface area contributed by atoms with E-state index in [1.165, 1.54) is 12.2 Å². The molecule has 1 atom stereocenters. The molecule has 0 fully saturated rings. The minimum absolute atomic E-state index is 0.0574. The summed E-state index contributed by atoms with van der Waals surface area (Å²) < 4.78 is 73.6. The molecular formula is C25H25F3N2O6S. The van der Waals surface area contributed by atoms with Gasteiger partial charge in [-0.3, -0.25) is 14.3 Å². The van der Waals surface area contributed by atoms with Gasteiger partial charge in [0.05, 0.1) is 18.6 Å². The largest absolute Gasteiger partial charge is 0.506 e. The number of hydrogen-bond acceptors (Lipinski definition) is 6. The maximum Gasteiger partial charge on any atom is 0.406 e. The average Bonchev–Trinajstić information content (AvgIpc) is 2.85. The van der Waals surface area contributed by atoms with Gasteiger partial charge in [0.1, 0.15) is 5.75 Å². The highest BCUT2D eigenvalue weighted by atomic mass is 32.2. The summed E-state index contributed by atoms with van der Waals surface area (Å²) >= 11 is 0. The van der Waals surface area contributed by atoms with Crippen LogP contribution in [0.15, 0.2) is 66.8 Å². The Kier molecular flexibility index (Phi) is 8.32. The second kappa shape index (κ2) is 11.1. The fourth-order valence-corrected chi connectivity index (χ4v) is 4.78. The molecule has 2 aromatic rings. The summed E-state index contributed by atoms with van der Waals surface area (Å²) in [5, 5.41) is 12.2. The van der Waals surface area contributed by atoms with Crippen LogP contribution in [0.3, 0.4) is 0 Å². The van der Waals surface area contributed by atoms with E-state index in [2.05, 4.69) is 14.8 Å². The Morgan fingerprint density at radius 2 is 1.84 bits per heavy atom. The van der Waals surface area contributed by atoms with Gasteiger partial charge in [-0.15, -0.1) is 0 Å². The number of amides is 1. The number of phenols is 1. The van der Waals surface area contributed by atoms with Crippen LogP contribution in [-0.4, -0.2) is 44.4 Å². The zero-order chi connectivity index (χ0) is 27.3. The molecule has 1 amide bonds. The van der Waals surface area contributed by atoms with Gasteiger partial charge in [0.25, 0.3) is 0 Å². The van der Waals surface area contributed by atoms with E-state index in [0.29, 0.717) is 11.1 Å². The number of hydrogen-bond donors (Lipinski definition) is 3. The lowest BCUT2D eigenvalue weighted by molar-refractivity contribution is -0.203. The Labute approximate surface area is 211 Å². The van der Waals surface area contributed by atoms with Crippen LogP contribution in [0.5, 0.6) is 5.75 Å². The van der Waals surface area contributed by atoms with Crippen LogP contribution in [0.1, 0.15) is 24.8 Å². The van der Waals surface area contributed by atoms with Gasteiger partial charge in [0.15, 0.2) is 5.41 Å². The van der Waals surface area contributed by atoms with Crippen molar-refractivity contribution in [3.8, 4) is 5.75 Å². The third-order valence-corrected chi connectivity index (χ3v) is 7.11. The number of esters is 1. The summed E-state index contributed by atoms with van der Waals surface area (Å²) in [6.07, 6.45) is -2.36. The Morgan fingerprint density at radius 3 is 2.43 bits per heavy atom. The molecule has 2 aromatic carbocycles. The number of carbonyl (C=O) groups excluding carboxylic acids is 2. The SMILES string of the molecule is COC(=O)CCCS(=O)(=O)Nc1cc(NC(=O)C2(C(F)(F)F)C=CC(c3ccccc3)=CC2)ccc1O. The standard InChI is InChI=1S/C25H25F3N2O6S/c1-36-22(32)8-5-15-37(34,35)30-20-16-19(9-10-21(20)31)29-23(33)24(25(26,27)28)13-11-18(12-14-24)17-6-3-2-4-7-17/h2-4,6-7,9-13,16,30-31H,5,8,14-15H2,1H3,(H,29,33). The van der Waals surface area contributed by atoms with Crippen LogP contribution in [0.25, 0.3) is 5.57 Å². The minimum Gasteiger partial charge on any atom is -0.506 e. The molecule has 0 aromatic heterocycles. The van der Waals surface area contributed by atoms with Crippen LogP contribution in [0.2, 0.25) is 0 Å². The predicted molar refractivity (Wildman–Crippen MR) is 132 cm³/mol. The highest BCUT2D eigenvalue weighted by molar-refractivity contribution is 7.92. The molecule has 8 nitrogen and oxygen atoms in total. The van der Waals surface area contributed by atoms with Gasteiger partial charge in [-0.25, -0.2) is 8.42 Å². The number of rotatable bonds is 9. The van der Waals surface area contributed by atoms with Gasteiger partial charge in [-0.1, -0.05) is 48.6 Å². The normalized spacial score (nSPS) is 17.6. The van der Waals surface area contributed by atoms with Crippen LogP contribution < -0.4 is 10.0 Å². The van der Waals surface area contributed by atoms with Crippen LogP contribution in [0.4, 0.5) is 24.5 Å². The number of anilines is 2. The Hall–Kier alpha value is -3.80. The number of phenolic OH excluding ortho intramolecular Hbond substituents is 1. The molecule has 0 bridgehead atoms. The molecule has 0 radical (unpaired) electrons. The van der Waals surface area contributed by atoms with E-state index in [9.17, 15) is 36.3 Å². The Bertz CT molecular complexity index is 1320. The number of methoxy groups -OCH3 is 1. The molecular weight excluding hydrogens is 513 g/mol. The summed E-state index contributed by atoms with van der Waals surface area (Å²) in [5.41, 5.74) is -2.11. The van der Waals surface area contributed by atoms with Crippen molar-refractivity contribution >= 4 is 38.8 Å². The third-order valence-electron chi connectivity index (χ3n) is 5.75. The van der Waals surface area contributed by atoms with E-state index < -0.39 is 51.4 Å². The number of nitrogens with one attached hydrogen (secondary N) is 2. The van der Waals surface area contributed by atoms with Crippen molar-refractivity contribution in [2.75, 3.05) is 22.9 Å². The summed E-state index contributed by atoms with van der Waals surface area (Å²) in [6, 6.07) is 11.9. The maximum atomic E-state index is 14.1. The van der Waals surface area contributed by atoms with E-state index >= 15 is 0 Å². The summed E-state index contributed by atoms with van der Waals surface area (Å²) in [6.45, 7) is 0. The molecule has 1 unspecified atom stereocenters. The zero-order valence-corrected chi connectivity index (χ0v) is 20.5. The highest BCUT2D eigenvalue weighted by Crippen LogP contribution is 2.47. The van der Waals surface area contributed by atoms with Gasteiger partial charge in [0.2, 0.25) is 15.9 Å². The summed E-state index contributed by atoms with van der Waals surface area (Å²) in [7, 11) is -2.86. The first-order chi connectivity index (χ1) is 17.4. The van der Waals surface area contributed by atoms with Crippen LogP contribution in [0, 0.1) is 5.41 Å².